The highest BCUT2D eigenvalue weighted by Crippen LogP contribution is 2.24. The molecule has 1 aromatic heterocycles. The number of urea groups is 1. The first-order chi connectivity index (χ1) is 12.9. The van der Waals surface area contributed by atoms with Crippen LogP contribution in [0, 0.1) is 0 Å². The Morgan fingerprint density at radius 1 is 1.19 bits per heavy atom. The Hall–Kier alpha value is -2.60. The van der Waals surface area contributed by atoms with E-state index in [1.165, 1.54) is 5.56 Å². The van der Waals surface area contributed by atoms with Crippen LogP contribution in [0.25, 0.3) is 0 Å². The lowest BCUT2D eigenvalue weighted by molar-refractivity contribution is 0.230. The smallest absolute Gasteiger partial charge is 0.314 e. The number of aliphatic hydroxyl groups is 1. The van der Waals surface area contributed by atoms with Crippen molar-refractivity contribution in [3.63, 3.8) is 0 Å². The molecule has 6 heteroatoms. The fourth-order valence-electron chi connectivity index (χ4n) is 2.57. The van der Waals surface area contributed by atoms with Gasteiger partial charge in [-0.3, -0.25) is 4.98 Å². The standard InChI is InChI=1S/C21H29N3O3/c1-21(2,3)18-6-8-19(9-7-18)27-12-11-23-20(26)24-14-17(15-25)16-5-4-10-22-13-16/h4-10,13,17,25H,11-12,14-15H2,1-3H3,(H2,23,24,26). The number of hydrogen-bond donors (Lipinski definition) is 3. The number of hydrogen-bond acceptors (Lipinski definition) is 4. The quantitative estimate of drug-likeness (QED) is 0.623. The summed E-state index contributed by atoms with van der Waals surface area (Å²) in [7, 11) is 0. The fraction of sp³-hybridized carbons (Fsp3) is 0.429. The van der Waals surface area contributed by atoms with Crippen molar-refractivity contribution in [3.8, 4) is 5.75 Å². The van der Waals surface area contributed by atoms with Gasteiger partial charge in [0.05, 0.1) is 13.2 Å². The number of benzene rings is 1. The molecule has 3 N–H and O–H groups in total. The van der Waals surface area contributed by atoms with E-state index >= 15 is 0 Å². The van der Waals surface area contributed by atoms with Gasteiger partial charge in [-0.1, -0.05) is 39.0 Å². The van der Waals surface area contributed by atoms with E-state index in [4.69, 9.17) is 4.74 Å². The van der Waals surface area contributed by atoms with Crippen LogP contribution in [-0.4, -0.2) is 42.4 Å². The molecule has 0 aliphatic carbocycles. The Labute approximate surface area is 161 Å². The van der Waals surface area contributed by atoms with Crippen molar-refractivity contribution >= 4 is 6.03 Å². The summed E-state index contributed by atoms with van der Waals surface area (Å²) in [4.78, 5) is 15.9. The van der Waals surface area contributed by atoms with E-state index in [1.807, 2.05) is 24.3 Å². The SMILES string of the molecule is CC(C)(C)c1ccc(OCCNC(=O)NCC(CO)c2cccnc2)cc1. The molecule has 0 aliphatic heterocycles. The maximum Gasteiger partial charge on any atom is 0.314 e. The van der Waals surface area contributed by atoms with Gasteiger partial charge < -0.3 is 20.5 Å². The third-order valence-electron chi connectivity index (χ3n) is 4.26. The highest BCUT2D eigenvalue weighted by atomic mass is 16.5. The summed E-state index contributed by atoms with van der Waals surface area (Å²) < 4.78 is 5.65. The zero-order valence-electron chi connectivity index (χ0n) is 16.2. The predicted octanol–water partition coefficient (Wildman–Crippen LogP) is 2.83. The molecule has 0 radical (unpaired) electrons. The highest BCUT2D eigenvalue weighted by Gasteiger charge is 2.13. The monoisotopic (exact) mass is 371 g/mol. The third kappa shape index (κ3) is 6.90. The number of carbonyl (C=O) groups is 1. The molecule has 2 amide bonds. The number of amides is 2. The van der Waals surface area contributed by atoms with E-state index in [-0.39, 0.29) is 24.0 Å². The minimum atomic E-state index is -0.288. The molecular formula is C21H29N3O3. The molecule has 0 saturated heterocycles. The number of aromatic nitrogens is 1. The maximum atomic E-state index is 11.9. The Morgan fingerprint density at radius 3 is 2.52 bits per heavy atom. The van der Waals surface area contributed by atoms with E-state index < -0.39 is 0 Å². The molecule has 2 aromatic rings. The molecule has 0 aliphatic rings. The Balaban J connectivity index is 1.67. The Kier molecular flexibility index (Phi) is 7.61. The molecule has 27 heavy (non-hydrogen) atoms. The van der Waals surface area contributed by atoms with E-state index in [2.05, 4.69) is 48.5 Å². The first-order valence-electron chi connectivity index (χ1n) is 9.16. The minimum absolute atomic E-state index is 0.0559. The van der Waals surface area contributed by atoms with Crippen molar-refractivity contribution in [2.75, 3.05) is 26.3 Å². The van der Waals surface area contributed by atoms with Crippen LogP contribution in [0.15, 0.2) is 48.8 Å². The molecule has 1 heterocycles. The number of nitrogens with zero attached hydrogens (tertiary/aromatic N) is 1. The molecule has 0 fully saturated rings. The van der Waals surface area contributed by atoms with E-state index in [9.17, 15) is 9.90 Å². The average Bonchev–Trinajstić information content (AvgIpc) is 2.66. The van der Waals surface area contributed by atoms with Crippen LogP contribution in [0.2, 0.25) is 0 Å². The van der Waals surface area contributed by atoms with Crippen molar-refractivity contribution in [2.45, 2.75) is 32.1 Å². The molecule has 0 saturated carbocycles. The Morgan fingerprint density at radius 2 is 1.93 bits per heavy atom. The molecular weight excluding hydrogens is 342 g/mol. The lowest BCUT2D eigenvalue weighted by Gasteiger charge is -2.19. The summed E-state index contributed by atoms with van der Waals surface area (Å²) in [5, 5.41) is 15.0. The Bertz CT molecular complexity index is 697. The lowest BCUT2D eigenvalue weighted by atomic mass is 9.87. The van der Waals surface area contributed by atoms with Gasteiger partial charge in [-0.2, -0.15) is 0 Å². The second kappa shape index (κ2) is 9.92. The van der Waals surface area contributed by atoms with Crippen molar-refractivity contribution in [1.82, 2.24) is 15.6 Å². The van der Waals surface area contributed by atoms with E-state index in [0.29, 0.717) is 19.7 Å². The minimum Gasteiger partial charge on any atom is -0.492 e. The summed E-state index contributed by atoms with van der Waals surface area (Å²) in [5.41, 5.74) is 2.25. The second-order valence-corrected chi connectivity index (χ2v) is 7.43. The first kappa shape index (κ1) is 20.7. The molecule has 1 atom stereocenters. The third-order valence-corrected chi connectivity index (χ3v) is 4.26. The van der Waals surface area contributed by atoms with E-state index in [0.717, 1.165) is 11.3 Å². The maximum absolute atomic E-state index is 11.9. The average molecular weight is 371 g/mol. The summed E-state index contributed by atoms with van der Waals surface area (Å²) in [6.45, 7) is 7.56. The van der Waals surface area contributed by atoms with Crippen LogP contribution >= 0.6 is 0 Å². The molecule has 1 aromatic carbocycles. The second-order valence-electron chi connectivity index (χ2n) is 7.43. The van der Waals surface area contributed by atoms with Gasteiger partial charge >= 0.3 is 6.03 Å². The van der Waals surface area contributed by atoms with Crippen LogP contribution in [0.1, 0.15) is 37.8 Å². The summed E-state index contributed by atoms with van der Waals surface area (Å²) in [6.07, 6.45) is 3.37. The van der Waals surface area contributed by atoms with Crippen molar-refractivity contribution in [1.29, 1.82) is 0 Å². The van der Waals surface area contributed by atoms with Gasteiger partial charge in [0.15, 0.2) is 0 Å². The molecule has 0 spiro atoms. The molecule has 1 unspecified atom stereocenters. The van der Waals surface area contributed by atoms with Crippen LogP contribution in [-0.2, 0) is 5.41 Å². The number of rotatable bonds is 8. The van der Waals surface area contributed by atoms with Crippen LogP contribution < -0.4 is 15.4 Å². The van der Waals surface area contributed by atoms with Crippen molar-refractivity contribution < 1.29 is 14.6 Å². The topological polar surface area (TPSA) is 83.5 Å². The summed E-state index contributed by atoms with van der Waals surface area (Å²) in [6, 6.07) is 11.4. The van der Waals surface area contributed by atoms with Crippen LogP contribution in [0.3, 0.4) is 0 Å². The van der Waals surface area contributed by atoms with E-state index in [1.54, 1.807) is 12.4 Å². The zero-order valence-corrected chi connectivity index (χ0v) is 16.2. The largest absolute Gasteiger partial charge is 0.492 e. The first-order valence-corrected chi connectivity index (χ1v) is 9.16. The van der Waals surface area contributed by atoms with Gasteiger partial charge in [-0.05, 0) is 34.7 Å². The normalized spacial score (nSPS) is 12.3. The molecule has 6 nitrogen and oxygen atoms in total. The van der Waals surface area contributed by atoms with Gasteiger partial charge in [0.25, 0.3) is 0 Å². The van der Waals surface area contributed by atoms with Crippen molar-refractivity contribution in [3.05, 3.63) is 59.9 Å². The zero-order chi connectivity index (χ0) is 19.7. The van der Waals surface area contributed by atoms with Gasteiger partial charge in [-0.15, -0.1) is 0 Å². The van der Waals surface area contributed by atoms with Crippen LogP contribution in [0.5, 0.6) is 5.75 Å². The molecule has 146 valence electrons. The fourth-order valence-corrected chi connectivity index (χ4v) is 2.57. The van der Waals surface area contributed by atoms with Crippen LogP contribution in [0.4, 0.5) is 4.79 Å². The number of pyridine rings is 1. The molecule has 0 bridgehead atoms. The van der Waals surface area contributed by atoms with Gasteiger partial charge in [0.2, 0.25) is 0 Å². The van der Waals surface area contributed by atoms with Crippen molar-refractivity contribution in [2.24, 2.45) is 0 Å². The number of ether oxygens (including phenoxy) is 1. The molecule has 2 rings (SSSR count). The number of aliphatic hydroxyl groups excluding tert-OH is 1. The van der Waals surface area contributed by atoms with Gasteiger partial charge in [0.1, 0.15) is 12.4 Å². The lowest BCUT2D eigenvalue weighted by Crippen LogP contribution is -2.40. The summed E-state index contributed by atoms with van der Waals surface area (Å²) >= 11 is 0. The predicted molar refractivity (Wildman–Crippen MR) is 106 cm³/mol. The number of carbonyl (C=O) groups excluding carboxylic acids is 1. The summed E-state index contributed by atoms with van der Waals surface area (Å²) in [5.74, 6) is 0.601. The highest BCUT2D eigenvalue weighted by molar-refractivity contribution is 5.73. The van der Waals surface area contributed by atoms with Gasteiger partial charge in [0, 0.05) is 24.9 Å². The number of nitrogens with one attached hydrogen (secondary N) is 2. The van der Waals surface area contributed by atoms with Gasteiger partial charge in [-0.25, -0.2) is 4.79 Å².